The highest BCUT2D eigenvalue weighted by Gasteiger charge is 1.93. The third-order valence-electron chi connectivity index (χ3n) is 1.21. The number of hydrogen-bond acceptors (Lipinski definition) is 2. The number of aliphatic hydroxyl groups is 1. The zero-order valence-corrected chi connectivity index (χ0v) is 6.19. The third-order valence-corrected chi connectivity index (χ3v) is 1.21. The lowest BCUT2D eigenvalue weighted by molar-refractivity contribution is 0.318. The molecule has 56 valence electrons. The van der Waals surface area contributed by atoms with E-state index in [1.807, 2.05) is 0 Å². The van der Waals surface area contributed by atoms with E-state index in [0.717, 1.165) is 0 Å². The van der Waals surface area contributed by atoms with Crippen LogP contribution in [0.4, 0.5) is 0 Å². The molecule has 0 spiro atoms. The molecule has 0 unspecified atom stereocenters. The highest BCUT2D eigenvalue weighted by Crippen LogP contribution is 1.96. The van der Waals surface area contributed by atoms with Crippen molar-refractivity contribution in [2.45, 2.75) is 26.2 Å². The van der Waals surface area contributed by atoms with E-state index >= 15 is 0 Å². The first-order chi connectivity index (χ1) is 4.41. The van der Waals surface area contributed by atoms with E-state index in [1.54, 1.807) is 6.92 Å². The molecule has 1 fully saturated rings. The minimum atomic E-state index is 0.250. The van der Waals surface area contributed by atoms with Gasteiger partial charge in [-0.3, -0.25) is 0 Å². The summed E-state index contributed by atoms with van der Waals surface area (Å²) < 4.78 is 0. The summed E-state index contributed by atoms with van der Waals surface area (Å²) in [4.78, 5) is 0. The maximum atomic E-state index is 7.57. The lowest BCUT2D eigenvalue weighted by Gasteiger charge is -2.08. The van der Waals surface area contributed by atoms with E-state index in [1.165, 1.54) is 32.4 Å². The normalized spacial score (nSPS) is 18.0. The largest absolute Gasteiger partial charge is 0.397 e. The van der Waals surface area contributed by atoms with Crippen molar-refractivity contribution >= 4 is 0 Å². The lowest BCUT2D eigenvalue weighted by atomic mass is 10.2. The van der Waals surface area contributed by atoms with Crippen LogP contribution in [0.25, 0.3) is 0 Å². The van der Waals surface area contributed by atoms with E-state index in [0.29, 0.717) is 0 Å². The number of nitrogens with one attached hydrogen (secondary N) is 1. The molecule has 1 rings (SSSR count). The SMILES string of the molecule is C1CCNCC1.CCO. The second-order valence-electron chi connectivity index (χ2n) is 2.13. The number of hydrogen-bond donors (Lipinski definition) is 2. The molecule has 1 heterocycles. The molecule has 2 heteroatoms. The fraction of sp³-hybridized carbons (Fsp3) is 1.00. The molecule has 9 heavy (non-hydrogen) atoms. The summed E-state index contributed by atoms with van der Waals surface area (Å²) in [6.07, 6.45) is 4.22. The molecular weight excluding hydrogens is 114 g/mol. The van der Waals surface area contributed by atoms with Gasteiger partial charge in [-0.25, -0.2) is 0 Å². The highest BCUT2D eigenvalue weighted by molar-refractivity contribution is 4.55. The van der Waals surface area contributed by atoms with E-state index in [4.69, 9.17) is 5.11 Å². The molecule has 1 aliphatic rings. The highest BCUT2D eigenvalue weighted by atomic mass is 16.2. The van der Waals surface area contributed by atoms with Crippen molar-refractivity contribution in [1.29, 1.82) is 0 Å². The first-order valence-electron chi connectivity index (χ1n) is 3.73. The van der Waals surface area contributed by atoms with Crippen molar-refractivity contribution < 1.29 is 5.11 Å². The average Bonchev–Trinajstić information content (AvgIpc) is 1.93. The molecule has 0 saturated carbocycles. The number of rotatable bonds is 0. The monoisotopic (exact) mass is 131 g/mol. The predicted octanol–water partition coefficient (Wildman–Crippen LogP) is 0.758. The van der Waals surface area contributed by atoms with Gasteiger partial charge in [0.05, 0.1) is 0 Å². The average molecular weight is 131 g/mol. The zero-order chi connectivity index (χ0) is 6.95. The Morgan fingerprint density at radius 1 is 1.22 bits per heavy atom. The van der Waals surface area contributed by atoms with Gasteiger partial charge in [0.1, 0.15) is 0 Å². The van der Waals surface area contributed by atoms with Crippen LogP contribution in [-0.2, 0) is 0 Å². The smallest absolute Gasteiger partial charge is 0.0402 e. The Hall–Kier alpha value is -0.0800. The van der Waals surface area contributed by atoms with E-state index < -0.39 is 0 Å². The predicted molar refractivity (Wildman–Crippen MR) is 39.5 cm³/mol. The number of aliphatic hydroxyl groups excluding tert-OH is 1. The summed E-state index contributed by atoms with van der Waals surface area (Å²) >= 11 is 0. The van der Waals surface area contributed by atoms with Gasteiger partial charge in [-0.15, -0.1) is 0 Å². The van der Waals surface area contributed by atoms with Gasteiger partial charge in [0.25, 0.3) is 0 Å². The maximum Gasteiger partial charge on any atom is 0.0402 e. The fourth-order valence-corrected chi connectivity index (χ4v) is 0.802. The lowest BCUT2D eigenvalue weighted by Crippen LogP contribution is -2.21. The van der Waals surface area contributed by atoms with Crippen molar-refractivity contribution in [3.05, 3.63) is 0 Å². The molecule has 0 aromatic heterocycles. The Morgan fingerprint density at radius 2 is 1.67 bits per heavy atom. The van der Waals surface area contributed by atoms with Crippen molar-refractivity contribution in [1.82, 2.24) is 5.32 Å². The second-order valence-corrected chi connectivity index (χ2v) is 2.13. The molecule has 0 bridgehead atoms. The van der Waals surface area contributed by atoms with Crippen LogP contribution < -0.4 is 5.32 Å². The molecule has 2 N–H and O–H groups in total. The van der Waals surface area contributed by atoms with Crippen molar-refractivity contribution in [3.8, 4) is 0 Å². The van der Waals surface area contributed by atoms with Gasteiger partial charge < -0.3 is 10.4 Å². The second kappa shape index (κ2) is 7.92. The molecule has 0 radical (unpaired) electrons. The van der Waals surface area contributed by atoms with E-state index in [2.05, 4.69) is 5.32 Å². The Kier molecular flexibility index (Phi) is 7.85. The van der Waals surface area contributed by atoms with Crippen molar-refractivity contribution in [2.24, 2.45) is 0 Å². The molecular formula is C7H17NO. The van der Waals surface area contributed by atoms with Gasteiger partial charge in [0.2, 0.25) is 0 Å². The summed E-state index contributed by atoms with van der Waals surface area (Å²) in [5.41, 5.74) is 0. The van der Waals surface area contributed by atoms with Crippen LogP contribution in [0.15, 0.2) is 0 Å². The first kappa shape index (κ1) is 8.92. The standard InChI is InChI=1S/C5H11N.C2H6O/c1-2-4-6-5-3-1;1-2-3/h6H,1-5H2;3H,2H2,1H3. The Bertz CT molecular complexity index is 32.7. The van der Waals surface area contributed by atoms with Crippen molar-refractivity contribution in [2.75, 3.05) is 19.7 Å². The quantitative estimate of drug-likeness (QED) is 0.508. The summed E-state index contributed by atoms with van der Waals surface area (Å²) in [5.74, 6) is 0. The Balaban J connectivity index is 0.000000187. The van der Waals surface area contributed by atoms with Crippen LogP contribution in [0.3, 0.4) is 0 Å². The van der Waals surface area contributed by atoms with E-state index in [-0.39, 0.29) is 6.61 Å². The molecule has 0 aromatic carbocycles. The van der Waals surface area contributed by atoms with Crippen LogP contribution in [0.1, 0.15) is 26.2 Å². The van der Waals surface area contributed by atoms with Gasteiger partial charge >= 0.3 is 0 Å². The number of piperidine rings is 1. The summed E-state index contributed by atoms with van der Waals surface area (Å²) in [6, 6.07) is 0. The molecule has 1 saturated heterocycles. The van der Waals surface area contributed by atoms with Crippen LogP contribution in [0.5, 0.6) is 0 Å². The molecule has 0 aromatic rings. The molecule has 2 nitrogen and oxygen atoms in total. The van der Waals surface area contributed by atoms with Crippen LogP contribution >= 0.6 is 0 Å². The van der Waals surface area contributed by atoms with Crippen LogP contribution in [0, 0.1) is 0 Å². The Labute approximate surface area is 57.3 Å². The van der Waals surface area contributed by atoms with Gasteiger partial charge in [-0.2, -0.15) is 0 Å². The summed E-state index contributed by atoms with van der Waals surface area (Å²) in [7, 11) is 0. The topological polar surface area (TPSA) is 32.3 Å². The Morgan fingerprint density at radius 3 is 1.78 bits per heavy atom. The fourth-order valence-electron chi connectivity index (χ4n) is 0.802. The molecule has 1 aliphatic heterocycles. The van der Waals surface area contributed by atoms with Gasteiger partial charge in [0.15, 0.2) is 0 Å². The van der Waals surface area contributed by atoms with Crippen LogP contribution in [-0.4, -0.2) is 24.8 Å². The zero-order valence-electron chi connectivity index (χ0n) is 6.19. The maximum absolute atomic E-state index is 7.57. The molecule has 0 aliphatic carbocycles. The summed E-state index contributed by atoms with van der Waals surface area (Å²) in [5, 5.41) is 10.9. The minimum absolute atomic E-state index is 0.250. The minimum Gasteiger partial charge on any atom is -0.397 e. The van der Waals surface area contributed by atoms with E-state index in [9.17, 15) is 0 Å². The van der Waals surface area contributed by atoms with Gasteiger partial charge in [-0.05, 0) is 32.9 Å². The van der Waals surface area contributed by atoms with Crippen molar-refractivity contribution in [3.63, 3.8) is 0 Å². The first-order valence-corrected chi connectivity index (χ1v) is 3.73. The molecule has 0 atom stereocenters. The molecule has 0 amide bonds. The van der Waals surface area contributed by atoms with Gasteiger partial charge in [-0.1, -0.05) is 6.42 Å². The summed E-state index contributed by atoms with van der Waals surface area (Å²) in [6.45, 7) is 4.43. The van der Waals surface area contributed by atoms with Gasteiger partial charge in [0, 0.05) is 6.61 Å². The van der Waals surface area contributed by atoms with Crippen LogP contribution in [0.2, 0.25) is 0 Å². The third kappa shape index (κ3) is 7.92.